The van der Waals surface area contributed by atoms with E-state index in [9.17, 15) is 14.4 Å². The van der Waals surface area contributed by atoms with Crippen LogP contribution in [0.2, 0.25) is 0 Å². The van der Waals surface area contributed by atoms with E-state index in [2.05, 4.69) is 154 Å². The van der Waals surface area contributed by atoms with E-state index in [1.807, 2.05) is 0 Å². The number of unbranched alkanes of at least 4 members (excludes halogenated alkanes) is 24. The van der Waals surface area contributed by atoms with Crippen LogP contribution in [0.5, 0.6) is 0 Å². The second-order valence-electron chi connectivity index (χ2n) is 20.9. The lowest BCUT2D eigenvalue weighted by molar-refractivity contribution is -0.167. The minimum Gasteiger partial charge on any atom is -0.462 e. The van der Waals surface area contributed by atoms with E-state index < -0.39 is 6.10 Å². The van der Waals surface area contributed by atoms with Crippen molar-refractivity contribution in [2.75, 3.05) is 13.2 Å². The van der Waals surface area contributed by atoms with E-state index in [1.54, 1.807) is 0 Å². The molecule has 0 aliphatic heterocycles. The standard InChI is InChI=1S/C72H118O6/c1-4-7-10-13-16-19-22-24-26-28-29-30-31-32-33-34-35-36-37-38-39-40-41-42-43-45-46-48-50-53-56-59-62-65-71(74)77-68-69(67-76-70(73)64-61-58-55-52-21-18-15-12-9-6-3)78-72(75)66-63-60-57-54-51-49-47-44-27-25-23-20-17-14-11-8-5-2/h7,10,12,15-16,19,24-27,29-30,32-33,35-36,38-39,41-42,45-46,69H,4-6,8-9,11,13-14,17-18,20-23,28,31,34,37,40,43-44,47-68H2,1-3H3/b10-7-,15-12-,19-16-,26-24-,27-25-,30-29-,33-32-,36-35-,39-38-,42-41-,46-45-. The summed E-state index contributed by atoms with van der Waals surface area (Å²) in [5.74, 6) is -0.926. The van der Waals surface area contributed by atoms with Gasteiger partial charge >= 0.3 is 17.9 Å². The van der Waals surface area contributed by atoms with Crippen molar-refractivity contribution in [1.82, 2.24) is 0 Å². The molecule has 0 aromatic rings. The molecule has 0 radical (unpaired) electrons. The Morgan fingerprint density at radius 1 is 0.269 bits per heavy atom. The molecule has 0 aliphatic rings. The monoisotopic (exact) mass is 1080 g/mol. The van der Waals surface area contributed by atoms with Gasteiger partial charge < -0.3 is 14.2 Å². The van der Waals surface area contributed by atoms with Crippen LogP contribution in [0.4, 0.5) is 0 Å². The Morgan fingerprint density at radius 2 is 0.526 bits per heavy atom. The number of carbonyl (C=O) groups is 3. The summed E-state index contributed by atoms with van der Waals surface area (Å²) < 4.78 is 16.8. The summed E-state index contributed by atoms with van der Waals surface area (Å²) in [6, 6.07) is 0. The molecule has 0 saturated carbocycles. The number of hydrogen-bond acceptors (Lipinski definition) is 6. The van der Waals surface area contributed by atoms with Crippen LogP contribution in [0.25, 0.3) is 0 Å². The maximum atomic E-state index is 12.9. The molecule has 1 unspecified atom stereocenters. The summed E-state index contributed by atoms with van der Waals surface area (Å²) >= 11 is 0. The SMILES string of the molecule is CC/C=C\C/C=C\C/C=C\C/C=C\C/C=C\C/C=C\C/C=C\C/C=C\C/C=C\CCCCCCCC(=O)OCC(COC(=O)CCCCCCC/C=C\CCC)OC(=O)CCCCCCCCC/C=C\CCCCCCCC. The normalized spacial score (nSPS) is 13.0. The Labute approximate surface area is 481 Å². The molecule has 442 valence electrons. The summed E-state index contributed by atoms with van der Waals surface area (Å²) in [5, 5.41) is 0. The molecule has 0 rings (SSSR count). The van der Waals surface area contributed by atoms with Gasteiger partial charge in [-0.15, -0.1) is 0 Å². The number of allylic oxidation sites excluding steroid dienone is 22. The zero-order valence-corrected chi connectivity index (χ0v) is 50.6. The van der Waals surface area contributed by atoms with Crippen molar-refractivity contribution < 1.29 is 28.6 Å². The van der Waals surface area contributed by atoms with Gasteiger partial charge in [-0.25, -0.2) is 0 Å². The molecule has 6 nitrogen and oxygen atoms in total. The molecular weight excluding hydrogens is 961 g/mol. The van der Waals surface area contributed by atoms with Gasteiger partial charge in [-0.3, -0.25) is 14.4 Å². The zero-order valence-electron chi connectivity index (χ0n) is 50.6. The predicted molar refractivity (Wildman–Crippen MR) is 339 cm³/mol. The summed E-state index contributed by atoms with van der Waals surface area (Å²) in [4.78, 5) is 38.2. The fraction of sp³-hybridized carbons (Fsp3) is 0.653. The van der Waals surface area contributed by atoms with Crippen LogP contribution >= 0.6 is 0 Å². The van der Waals surface area contributed by atoms with Crippen molar-refractivity contribution in [2.24, 2.45) is 0 Å². The summed E-state index contributed by atoms with van der Waals surface area (Å²) in [6.07, 6.45) is 91.8. The third-order valence-corrected chi connectivity index (χ3v) is 13.3. The highest BCUT2D eigenvalue weighted by Crippen LogP contribution is 2.15. The summed E-state index contributed by atoms with van der Waals surface area (Å²) in [5.41, 5.74) is 0. The lowest BCUT2D eigenvalue weighted by Crippen LogP contribution is -2.30. The molecule has 0 aliphatic carbocycles. The van der Waals surface area contributed by atoms with Crippen LogP contribution in [0, 0.1) is 0 Å². The Morgan fingerprint density at radius 3 is 0.846 bits per heavy atom. The maximum Gasteiger partial charge on any atom is 0.306 e. The lowest BCUT2D eigenvalue weighted by Gasteiger charge is -2.18. The number of hydrogen-bond donors (Lipinski definition) is 0. The van der Waals surface area contributed by atoms with E-state index in [0.29, 0.717) is 19.3 Å². The van der Waals surface area contributed by atoms with E-state index in [0.717, 1.165) is 154 Å². The van der Waals surface area contributed by atoms with Crippen LogP contribution in [-0.2, 0) is 28.6 Å². The average molecular weight is 1080 g/mol. The molecule has 1 atom stereocenters. The van der Waals surface area contributed by atoms with Crippen molar-refractivity contribution in [1.29, 1.82) is 0 Å². The van der Waals surface area contributed by atoms with Crippen molar-refractivity contribution in [3.05, 3.63) is 134 Å². The van der Waals surface area contributed by atoms with Gasteiger partial charge in [-0.05, 0) is 135 Å². The van der Waals surface area contributed by atoms with Gasteiger partial charge in [-0.2, -0.15) is 0 Å². The molecule has 78 heavy (non-hydrogen) atoms. The smallest absolute Gasteiger partial charge is 0.306 e. The minimum atomic E-state index is -0.795. The molecule has 0 aromatic heterocycles. The molecule has 0 N–H and O–H groups in total. The van der Waals surface area contributed by atoms with Crippen LogP contribution < -0.4 is 0 Å². The van der Waals surface area contributed by atoms with Gasteiger partial charge in [0.2, 0.25) is 0 Å². The first-order valence-corrected chi connectivity index (χ1v) is 32.2. The predicted octanol–water partition coefficient (Wildman–Crippen LogP) is 22.2. The Hall–Kier alpha value is -4.45. The summed E-state index contributed by atoms with van der Waals surface area (Å²) in [7, 11) is 0. The van der Waals surface area contributed by atoms with E-state index in [4.69, 9.17) is 14.2 Å². The first-order chi connectivity index (χ1) is 38.5. The topological polar surface area (TPSA) is 78.9 Å². The second-order valence-corrected chi connectivity index (χ2v) is 20.9. The van der Waals surface area contributed by atoms with E-state index >= 15 is 0 Å². The Kier molecular flexibility index (Phi) is 61.4. The third kappa shape index (κ3) is 62.4. The second kappa shape index (κ2) is 65.1. The fourth-order valence-corrected chi connectivity index (χ4v) is 8.55. The van der Waals surface area contributed by atoms with Gasteiger partial charge in [0.1, 0.15) is 13.2 Å². The molecular formula is C72H118O6. The van der Waals surface area contributed by atoms with E-state index in [-0.39, 0.29) is 31.1 Å². The molecule has 0 fully saturated rings. The highest BCUT2D eigenvalue weighted by atomic mass is 16.6. The van der Waals surface area contributed by atoms with Crippen LogP contribution in [0.1, 0.15) is 284 Å². The number of ether oxygens (including phenoxy) is 3. The Balaban J connectivity index is 4.28. The Bertz CT molecular complexity index is 1670. The zero-order chi connectivity index (χ0) is 56.4. The van der Waals surface area contributed by atoms with Crippen LogP contribution in [0.3, 0.4) is 0 Å². The van der Waals surface area contributed by atoms with Crippen molar-refractivity contribution in [3.8, 4) is 0 Å². The first-order valence-electron chi connectivity index (χ1n) is 32.2. The fourth-order valence-electron chi connectivity index (χ4n) is 8.55. The molecule has 0 amide bonds. The molecule has 0 heterocycles. The lowest BCUT2D eigenvalue weighted by atomic mass is 10.1. The van der Waals surface area contributed by atoms with Gasteiger partial charge in [0.15, 0.2) is 6.10 Å². The maximum absolute atomic E-state index is 12.9. The minimum absolute atomic E-state index is 0.0927. The largest absolute Gasteiger partial charge is 0.462 e. The summed E-state index contributed by atoms with van der Waals surface area (Å²) in [6.45, 7) is 6.44. The van der Waals surface area contributed by atoms with Crippen molar-refractivity contribution >= 4 is 17.9 Å². The van der Waals surface area contributed by atoms with Crippen molar-refractivity contribution in [3.63, 3.8) is 0 Å². The average Bonchev–Trinajstić information content (AvgIpc) is 3.44. The quantitative estimate of drug-likeness (QED) is 0.0261. The van der Waals surface area contributed by atoms with Gasteiger partial charge in [0, 0.05) is 19.3 Å². The van der Waals surface area contributed by atoms with Gasteiger partial charge in [-0.1, -0.05) is 264 Å². The molecule has 0 spiro atoms. The van der Waals surface area contributed by atoms with E-state index in [1.165, 1.54) is 89.9 Å². The molecule has 0 saturated heterocycles. The van der Waals surface area contributed by atoms with Crippen LogP contribution in [-0.4, -0.2) is 37.2 Å². The third-order valence-electron chi connectivity index (χ3n) is 13.3. The highest BCUT2D eigenvalue weighted by molar-refractivity contribution is 5.71. The molecule has 0 aromatic carbocycles. The number of esters is 3. The molecule has 6 heteroatoms. The van der Waals surface area contributed by atoms with Gasteiger partial charge in [0.25, 0.3) is 0 Å². The highest BCUT2D eigenvalue weighted by Gasteiger charge is 2.19. The number of rotatable bonds is 57. The molecule has 0 bridgehead atoms. The van der Waals surface area contributed by atoms with Gasteiger partial charge in [0.05, 0.1) is 0 Å². The van der Waals surface area contributed by atoms with Crippen molar-refractivity contribution in [2.45, 2.75) is 290 Å². The van der Waals surface area contributed by atoms with Crippen LogP contribution in [0.15, 0.2) is 134 Å². The first kappa shape index (κ1) is 73.5. The number of carbonyl (C=O) groups excluding carboxylic acids is 3.